The van der Waals surface area contributed by atoms with Gasteiger partial charge >= 0.3 is 5.97 Å². The second-order valence-electron chi connectivity index (χ2n) is 4.50. The van der Waals surface area contributed by atoms with Gasteiger partial charge in [-0.3, -0.25) is 4.79 Å². The Morgan fingerprint density at radius 2 is 1.81 bits per heavy atom. The summed E-state index contributed by atoms with van der Waals surface area (Å²) in [7, 11) is 1.32. The molecule has 0 unspecified atom stereocenters. The van der Waals surface area contributed by atoms with E-state index in [1.54, 1.807) is 12.1 Å². The maximum Gasteiger partial charge on any atom is 0.348 e. The van der Waals surface area contributed by atoms with Crippen molar-refractivity contribution < 1.29 is 14.3 Å². The third-order valence-electron chi connectivity index (χ3n) is 2.99. The molecule has 21 heavy (non-hydrogen) atoms. The Labute approximate surface area is 127 Å². The Kier molecular flexibility index (Phi) is 5.51. The third kappa shape index (κ3) is 4.43. The average molecular weight is 303 g/mol. The molecule has 0 atom stereocenters. The van der Waals surface area contributed by atoms with Crippen LogP contribution < -0.4 is 5.32 Å². The van der Waals surface area contributed by atoms with E-state index in [4.69, 9.17) is 0 Å². The van der Waals surface area contributed by atoms with Gasteiger partial charge < -0.3 is 10.1 Å². The molecule has 1 N–H and O–H groups in total. The van der Waals surface area contributed by atoms with Crippen LogP contribution in [-0.2, 0) is 11.2 Å². The lowest BCUT2D eigenvalue weighted by Gasteiger charge is -2.03. The number of benzene rings is 1. The highest BCUT2D eigenvalue weighted by Crippen LogP contribution is 2.17. The van der Waals surface area contributed by atoms with E-state index in [1.165, 1.54) is 12.7 Å². The lowest BCUT2D eigenvalue weighted by molar-refractivity contribution is 0.0606. The first-order valence-electron chi connectivity index (χ1n) is 6.71. The van der Waals surface area contributed by atoms with Crippen molar-refractivity contribution in [1.82, 2.24) is 5.32 Å². The summed E-state index contributed by atoms with van der Waals surface area (Å²) in [6, 6.07) is 13.4. The molecular formula is C16H17NO3S. The number of rotatable bonds is 6. The quantitative estimate of drug-likeness (QED) is 0.659. The van der Waals surface area contributed by atoms with Crippen LogP contribution >= 0.6 is 11.3 Å². The number of ether oxygens (including phenoxy) is 1. The SMILES string of the molecule is COC(=O)c1ccc(C(=O)NCCCc2ccccc2)s1. The fraction of sp³-hybridized carbons (Fsp3) is 0.250. The van der Waals surface area contributed by atoms with Gasteiger partial charge in [-0.05, 0) is 30.5 Å². The maximum absolute atomic E-state index is 11.9. The van der Waals surface area contributed by atoms with Gasteiger partial charge in [-0.1, -0.05) is 30.3 Å². The summed E-state index contributed by atoms with van der Waals surface area (Å²) >= 11 is 1.14. The fourth-order valence-electron chi connectivity index (χ4n) is 1.90. The van der Waals surface area contributed by atoms with Crippen molar-refractivity contribution in [2.75, 3.05) is 13.7 Å². The number of carbonyl (C=O) groups excluding carboxylic acids is 2. The first-order valence-corrected chi connectivity index (χ1v) is 7.52. The second-order valence-corrected chi connectivity index (χ2v) is 5.58. The number of hydrogen-bond donors (Lipinski definition) is 1. The molecule has 1 aromatic carbocycles. The van der Waals surface area contributed by atoms with E-state index in [1.807, 2.05) is 18.2 Å². The molecule has 1 amide bonds. The maximum atomic E-state index is 11.9. The summed E-state index contributed by atoms with van der Waals surface area (Å²) < 4.78 is 4.62. The van der Waals surface area contributed by atoms with Gasteiger partial charge in [0.05, 0.1) is 12.0 Å². The average Bonchev–Trinajstić information content (AvgIpc) is 3.01. The number of thiophene rings is 1. The first kappa shape index (κ1) is 15.3. The molecule has 2 aromatic rings. The van der Waals surface area contributed by atoms with E-state index in [0.29, 0.717) is 16.3 Å². The van der Waals surface area contributed by atoms with E-state index in [2.05, 4.69) is 22.2 Å². The van der Waals surface area contributed by atoms with E-state index < -0.39 is 5.97 Å². The van der Waals surface area contributed by atoms with Gasteiger partial charge in [-0.15, -0.1) is 11.3 Å². The molecule has 110 valence electrons. The third-order valence-corrected chi connectivity index (χ3v) is 4.05. The van der Waals surface area contributed by atoms with Crippen molar-refractivity contribution in [3.05, 3.63) is 57.8 Å². The van der Waals surface area contributed by atoms with Crippen molar-refractivity contribution in [1.29, 1.82) is 0 Å². The van der Waals surface area contributed by atoms with Crippen LogP contribution in [0.4, 0.5) is 0 Å². The first-order chi connectivity index (χ1) is 10.2. The van der Waals surface area contributed by atoms with Gasteiger partial charge in [-0.25, -0.2) is 4.79 Å². The monoisotopic (exact) mass is 303 g/mol. The molecule has 2 rings (SSSR count). The van der Waals surface area contributed by atoms with E-state index in [9.17, 15) is 9.59 Å². The zero-order valence-electron chi connectivity index (χ0n) is 11.8. The molecule has 0 aliphatic rings. The number of hydrogen-bond acceptors (Lipinski definition) is 4. The Hall–Kier alpha value is -2.14. The van der Waals surface area contributed by atoms with Crippen LogP contribution in [0, 0.1) is 0 Å². The molecule has 1 aromatic heterocycles. The number of aryl methyl sites for hydroxylation is 1. The van der Waals surface area contributed by atoms with Crippen molar-refractivity contribution in [2.24, 2.45) is 0 Å². The van der Waals surface area contributed by atoms with Gasteiger partial charge in [0, 0.05) is 6.54 Å². The van der Waals surface area contributed by atoms with E-state index in [0.717, 1.165) is 24.2 Å². The molecule has 4 nitrogen and oxygen atoms in total. The minimum absolute atomic E-state index is 0.150. The smallest absolute Gasteiger partial charge is 0.348 e. The fourth-order valence-corrected chi connectivity index (χ4v) is 2.74. The minimum atomic E-state index is -0.414. The van der Waals surface area contributed by atoms with Gasteiger partial charge in [-0.2, -0.15) is 0 Å². The zero-order chi connectivity index (χ0) is 15.1. The van der Waals surface area contributed by atoms with Gasteiger partial charge in [0.2, 0.25) is 0 Å². The van der Waals surface area contributed by atoms with Crippen LogP contribution in [0.1, 0.15) is 31.3 Å². The summed E-state index contributed by atoms with van der Waals surface area (Å²) in [6.07, 6.45) is 1.81. The van der Waals surface area contributed by atoms with Crippen LogP contribution in [0.3, 0.4) is 0 Å². The lowest BCUT2D eigenvalue weighted by Crippen LogP contribution is -2.23. The van der Waals surface area contributed by atoms with Crippen LogP contribution in [0.2, 0.25) is 0 Å². The van der Waals surface area contributed by atoms with Crippen LogP contribution in [0.15, 0.2) is 42.5 Å². The molecule has 0 fully saturated rings. The number of amides is 1. The highest BCUT2D eigenvalue weighted by Gasteiger charge is 2.13. The predicted octanol–water partition coefficient (Wildman–Crippen LogP) is 2.90. The summed E-state index contributed by atoms with van der Waals surface area (Å²) in [5.74, 6) is -0.564. The highest BCUT2D eigenvalue weighted by molar-refractivity contribution is 7.15. The second kappa shape index (κ2) is 7.59. The standard InChI is InChI=1S/C16H17NO3S/c1-20-16(19)14-10-9-13(21-14)15(18)17-11-5-8-12-6-3-2-4-7-12/h2-4,6-7,9-10H,5,8,11H2,1H3,(H,17,18). The Morgan fingerprint density at radius 3 is 2.52 bits per heavy atom. The van der Waals surface area contributed by atoms with Gasteiger partial charge in [0.15, 0.2) is 0 Å². The van der Waals surface area contributed by atoms with Gasteiger partial charge in [0.1, 0.15) is 4.88 Å². The zero-order valence-corrected chi connectivity index (χ0v) is 12.6. The molecule has 0 aliphatic heterocycles. The number of carbonyl (C=O) groups is 2. The summed E-state index contributed by atoms with van der Waals surface area (Å²) in [5.41, 5.74) is 1.26. The van der Waals surface area contributed by atoms with Crippen molar-refractivity contribution >= 4 is 23.2 Å². The Morgan fingerprint density at radius 1 is 1.10 bits per heavy atom. The van der Waals surface area contributed by atoms with E-state index >= 15 is 0 Å². The summed E-state index contributed by atoms with van der Waals surface area (Å²) in [5, 5.41) is 2.86. The molecule has 5 heteroatoms. The molecule has 1 heterocycles. The molecule has 0 saturated heterocycles. The highest BCUT2D eigenvalue weighted by atomic mass is 32.1. The normalized spacial score (nSPS) is 10.1. The Balaban J connectivity index is 1.77. The summed E-state index contributed by atoms with van der Waals surface area (Å²) in [6.45, 7) is 0.610. The predicted molar refractivity (Wildman–Crippen MR) is 82.8 cm³/mol. The van der Waals surface area contributed by atoms with E-state index in [-0.39, 0.29) is 5.91 Å². The summed E-state index contributed by atoms with van der Waals surface area (Å²) in [4.78, 5) is 24.2. The molecule has 0 saturated carbocycles. The topological polar surface area (TPSA) is 55.4 Å². The molecule has 0 radical (unpaired) electrons. The molecule has 0 bridgehead atoms. The van der Waals surface area contributed by atoms with Crippen molar-refractivity contribution in [3.8, 4) is 0 Å². The molecular weight excluding hydrogens is 286 g/mol. The largest absolute Gasteiger partial charge is 0.465 e. The molecule has 0 spiro atoms. The number of esters is 1. The molecule has 0 aliphatic carbocycles. The number of nitrogens with one attached hydrogen (secondary N) is 1. The minimum Gasteiger partial charge on any atom is -0.465 e. The lowest BCUT2D eigenvalue weighted by atomic mass is 10.1. The van der Waals surface area contributed by atoms with Crippen molar-refractivity contribution in [3.63, 3.8) is 0 Å². The van der Waals surface area contributed by atoms with Crippen LogP contribution in [0.25, 0.3) is 0 Å². The van der Waals surface area contributed by atoms with Crippen molar-refractivity contribution in [2.45, 2.75) is 12.8 Å². The van der Waals surface area contributed by atoms with Gasteiger partial charge in [0.25, 0.3) is 5.91 Å². The van der Waals surface area contributed by atoms with Crippen LogP contribution in [0.5, 0.6) is 0 Å². The van der Waals surface area contributed by atoms with Crippen LogP contribution in [-0.4, -0.2) is 25.5 Å². The Bertz CT molecular complexity index is 607. The number of methoxy groups -OCH3 is 1.